The summed E-state index contributed by atoms with van der Waals surface area (Å²) in [6.45, 7) is 5.10. The Kier molecular flexibility index (Phi) is 3.97. The third-order valence-corrected chi connectivity index (χ3v) is 3.66. The number of nitrogens with zero attached hydrogens (tertiary/aromatic N) is 1. The van der Waals surface area contributed by atoms with E-state index in [2.05, 4.69) is 29.6 Å². The Hall–Kier alpha value is -1.13. The monoisotopic (exact) mass is 250 g/mol. The van der Waals surface area contributed by atoms with Crippen LogP contribution in [0.2, 0.25) is 0 Å². The predicted octanol–water partition coefficient (Wildman–Crippen LogP) is 3.38. The van der Waals surface area contributed by atoms with Gasteiger partial charge in [-0.2, -0.15) is 4.37 Å². The van der Waals surface area contributed by atoms with Gasteiger partial charge in [0.05, 0.1) is 18.2 Å². The Balaban J connectivity index is 2.22. The number of aromatic nitrogens is 1. The molecule has 1 N–H and O–H groups in total. The molecule has 0 fully saturated rings. The van der Waals surface area contributed by atoms with E-state index in [-0.39, 0.29) is 0 Å². The molecule has 92 valence electrons. The van der Waals surface area contributed by atoms with Crippen molar-refractivity contribution in [1.82, 2.24) is 4.37 Å². The first kappa shape index (κ1) is 12.3. The molecule has 0 bridgehead atoms. The Labute approximate surface area is 106 Å². The third kappa shape index (κ3) is 2.76. The number of ether oxygens (including phenoxy) is 1. The molecule has 0 spiro atoms. The number of hydrogen-bond acceptors (Lipinski definition) is 4. The Morgan fingerprint density at radius 1 is 1.35 bits per heavy atom. The van der Waals surface area contributed by atoms with Crippen molar-refractivity contribution in [2.75, 3.05) is 19.0 Å². The van der Waals surface area contributed by atoms with Gasteiger partial charge in [-0.3, -0.25) is 0 Å². The van der Waals surface area contributed by atoms with E-state index in [1.54, 1.807) is 7.11 Å². The zero-order chi connectivity index (χ0) is 12.3. The van der Waals surface area contributed by atoms with Gasteiger partial charge in [0.15, 0.2) is 0 Å². The second-order valence-electron chi connectivity index (χ2n) is 4.48. The molecule has 2 rings (SSSR count). The first-order valence-corrected chi connectivity index (χ1v) is 6.59. The minimum absolute atomic E-state index is 0.323. The first-order valence-electron chi connectivity index (χ1n) is 5.82. The second-order valence-corrected chi connectivity index (χ2v) is 5.25. The van der Waals surface area contributed by atoms with E-state index in [1.165, 1.54) is 16.9 Å². The Morgan fingerprint density at radius 3 is 2.82 bits per heavy atom. The van der Waals surface area contributed by atoms with E-state index in [9.17, 15) is 0 Å². The summed E-state index contributed by atoms with van der Waals surface area (Å²) >= 11 is 1.52. The highest BCUT2D eigenvalue weighted by Crippen LogP contribution is 2.28. The lowest BCUT2D eigenvalue weighted by Crippen LogP contribution is -2.30. The summed E-state index contributed by atoms with van der Waals surface area (Å²) in [4.78, 5) is 0. The van der Waals surface area contributed by atoms with Crippen LogP contribution in [0.1, 0.15) is 13.8 Å². The van der Waals surface area contributed by atoms with E-state index in [1.807, 2.05) is 18.2 Å². The molecular formula is C13H18N2OS. The van der Waals surface area contributed by atoms with Gasteiger partial charge in [-0.25, -0.2) is 0 Å². The van der Waals surface area contributed by atoms with Crippen molar-refractivity contribution < 1.29 is 4.74 Å². The maximum absolute atomic E-state index is 5.25. The molecule has 0 saturated heterocycles. The standard InChI is InChI=1S/C13H18N2OS/c1-9(2)12(8-16-3)14-13-10-6-4-5-7-11(10)15-17-13/h4-7,9,12,14H,8H2,1-3H3. The highest BCUT2D eigenvalue weighted by molar-refractivity contribution is 7.11. The summed E-state index contributed by atoms with van der Waals surface area (Å²) in [6.07, 6.45) is 0. The molecule has 1 aromatic carbocycles. The fourth-order valence-electron chi connectivity index (χ4n) is 1.74. The van der Waals surface area contributed by atoms with Gasteiger partial charge in [0, 0.05) is 12.5 Å². The molecule has 1 unspecified atom stereocenters. The van der Waals surface area contributed by atoms with Gasteiger partial charge in [0.2, 0.25) is 0 Å². The number of nitrogens with one attached hydrogen (secondary N) is 1. The van der Waals surface area contributed by atoms with Crippen LogP contribution < -0.4 is 5.32 Å². The molecule has 17 heavy (non-hydrogen) atoms. The van der Waals surface area contributed by atoms with Gasteiger partial charge in [-0.05, 0) is 29.6 Å². The molecule has 1 heterocycles. The molecule has 0 aliphatic heterocycles. The lowest BCUT2D eigenvalue weighted by atomic mass is 10.1. The molecule has 0 radical (unpaired) electrons. The number of fused-ring (bicyclic) bond motifs is 1. The molecule has 0 amide bonds. The molecule has 0 aliphatic carbocycles. The average molecular weight is 250 g/mol. The van der Waals surface area contributed by atoms with Crippen molar-refractivity contribution in [3.8, 4) is 0 Å². The van der Waals surface area contributed by atoms with Crippen LogP contribution >= 0.6 is 11.5 Å². The van der Waals surface area contributed by atoms with E-state index in [0.29, 0.717) is 18.6 Å². The van der Waals surface area contributed by atoms with Crippen molar-refractivity contribution in [2.24, 2.45) is 5.92 Å². The summed E-state index contributed by atoms with van der Waals surface area (Å²) < 4.78 is 9.68. The minimum Gasteiger partial charge on any atom is -0.383 e. The van der Waals surface area contributed by atoms with Crippen LogP contribution in [-0.4, -0.2) is 24.1 Å². The lowest BCUT2D eigenvalue weighted by molar-refractivity contribution is 0.171. The number of benzene rings is 1. The van der Waals surface area contributed by atoms with Crippen molar-refractivity contribution in [2.45, 2.75) is 19.9 Å². The van der Waals surface area contributed by atoms with Gasteiger partial charge in [-0.15, -0.1) is 0 Å². The Morgan fingerprint density at radius 2 is 2.12 bits per heavy atom. The van der Waals surface area contributed by atoms with Crippen molar-refractivity contribution in [1.29, 1.82) is 0 Å². The van der Waals surface area contributed by atoms with Crippen LogP contribution in [0.5, 0.6) is 0 Å². The number of hydrogen-bond donors (Lipinski definition) is 1. The SMILES string of the molecule is COCC(Nc1snc2ccccc12)C(C)C. The van der Waals surface area contributed by atoms with Gasteiger partial charge in [-0.1, -0.05) is 26.0 Å². The normalized spacial score (nSPS) is 13.2. The highest BCUT2D eigenvalue weighted by Gasteiger charge is 2.15. The van der Waals surface area contributed by atoms with E-state index < -0.39 is 0 Å². The molecule has 2 aromatic rings. The molecule has 0 saturated carbocycles. The Bertz CT molecular complexity index is 481. The molecule has 1 aromatic heterocycles. The third-order valence-electron chi connectivity index (χ3n) is 2.85. The summed E-state index contributed by atoms with van der Waals surface area (Å²) in [6, 6.07) is 8.52. The number of methoxy groups -OCH3 is 1. The fraction of sp³-hybridized carbons (Fsp3) is 0.462. The minimum atomic E-state index is 0.323. The predicted molar refractivity (Wildman–Crippen MR) is 73.7 cm³/mol. The van der Waals surface area contributed by atoms with Gasteiger partial charge >= 0.3 is 0 Å². The first-order chi connectivity index (χ1) is 8.22. The fourth-order valence-corrected chi connectivity index (χ4v) is 2.57. The van der Waals surface area contributed by atoms with E-state index in [0.717, 1.165) is 10.5 Å². The van der Waals surface area contributed by atoms with Gasteiger partial charge in [0.25, 0.3) is 0 Å². The maximum atomic E-state index is 5.25. The van der Waals surface area contributed by atoms with Crippen LogP contribution in [-0.2, 0) is 4.74 Å². The summed E-state index contributed by atoms with van der Waals surface area (Å²) in [5.74, 6) is 0.524. The smallest absolute Gasteiger partial charge is 0.117 e. The summed E-state index contributed by atoms with van der Waals surface area (Å²) in [5.41, 5.74) is 1.06. The molecule has 4 heteroatoms. The van der Waals surface area contributed by atoms with E-state index in [4.69, 9.17) is 4.74 Å². The molecule has 0 aliphatic rings. The van der Waals surface area contributed by atoms with Gasteiger partial charge in [0.1, 0.15) is 5.00 Å². The highest BCUT2D eigenvalue weighted by atomic mass is 32.1. The van der Waals surface area contributed by atoms with Crippen molar-refractivity contribution in [3.05, 3.63) is 24.3 Å². The molecule has 1 atom stereocenters. The van der Waals surface area contributed by atoms with Crippen LogP contribution in [0.25, 0.3) is 10.9 Å². The van der Waals surface area contributed by atoms with Crippen LogP contribution in [0.3, 0.4) is 0 Å². The summed E-state index contributed by atoms with van der Waals surface area (Å²) in [7, 11) is 1.74. The van der Waals surface area contributed by atoms with Crippen LogP contribution in [0.15, 0.2) is 24.3 Å². The van der Waals surface area contributed by atoms with E-state index >= 15 is 0 Å². The number of rotatable bonds is 5. The largest absolute Gasteiger partial charge is 0.383 e. The maximum Gasteiger partial charge on any atom is 0.117 e. The van der Waals surface area contributed by atoms with Gasteiger partial charge < -0.3 is 10.1 Å². The zero-order valence-electron chi connectivity index (χ0n) is 10.4. The average Bonchev–Trinajstić information content (AvgIpc) is 2.72. The number of anilines is 1. The molecular weight excluding hydrogens is 232 g/mol. The summed E-state index contributed by atoms with van der Waals surface area (Å²) in [5, 5.41) is 5.86. The second kappa shape index (κ2) is 5.47. The zero-order valence-corrected chi connectivity index (χ0v) is 11.3. The topological polar surface area (TPSA) is 34.1 Å². The molecule has 3 nitrogen and oxygen atoms in total. The quantitative estimate of drug-likeness (QED) is 0.883. The van der Waals surface area contributed by atoms with Crippen LogP contribution in [0, 0.1) is 5.92 Å². The van der Waals surface area contributed by atoms with Crippen molar-refractivity contribution in [3.63, 3.8) is 0 Å². The van der Waals surface area contributed by atoms with Crippen molar-refractivity contribution >= 4 is 27.4 Å². The lowest BCUT2D eigenvalue weighted by Gasteiger charge is -2.21. The van der Waals surface area contributed by atoms with Crippen LogP contribution in [0.4, 0.5) is 5.00 Å².